The number of halogens is 2. The lowest BCUT2D eigenvalue weighted by Gasteiger charge is -2.28. The topological polar surface area (TPSA) is 121 Å². The number of fused-ring (bicyclic) bond motifs is 1. The maximum atomic E-state index is 14.4. The second-order valence-electron chi connectivity index (χ2n) is 10.7. The van der Waals surface area contributed by atoms with Crippen LogP contribution in [0.2, 0.25) is 0 Å². The minimum atomic E-state index is -2.97. The first-order valence-corrected chi connectivity index (χ1v) is 13.0. The lowest BCUT2D eigenvalue weighted by atomic mass is 9.89. The zero-order chi connectivity index (χ0) is 27.2. The molecule has 3 heterocycles. The number of nitrogens with one attached hydrogen (secondary N) is 3. The van der Waals surface area contributed by atoms with Crippen molar-refractivity contribution < 1.29 is 32.7 Å². The van der Waals surface area contributed by atoms with Crippen molar-refractivity contribution in [3.8, 4) is 5.75 Å². The van der Waals surface area contributed by atoms with Crippen molar-refractivity contribution in [1.29, 1.82) is 0 Å². The molecule has 1 aliphatic carbocycles. The summed E-state index contributed by atoms with van der Waals surface area (Å²) in [5, 5.41) is 6.15. The third-order valence-corrected chi connectivity index (χ3v) is 8.26. The van der Waals surface area contributed by atoms with E-state index in [4.69, 9.17) is 4.74 Å². The fourth-order valence-electron chi connectivity index (χ4n) is 5.91. The van der Waals surface area contributed by atoms with Gasteiger partial charge in [-0.15, -0.1) is 0 Å². The Morgan fingerprint density at radius 1 is 1.29 bits per heavy atom. The van der Waals surface area contributed by atoms with Crippen LogP contribution >= 0.6 is 0 Å². The molecule has 11 heteroatoms. The van der Waals surface area contributed by atoms with Gasteiger partial charge in [-0.25, -0.2) is 8.78 Å². The smallest absolute Gasteiger partial charge is 0.271 e. The summed E-state index contributed by atoms with van der Waals surface area (Å²) >= 11 is 0. The molecule has 3 aliphatic rings. The van der Waals surface area contributed by atoms with Crippen LogP contribution in [-0.4, -0.2) is 71.6 Å². The van der Waals surface area contributed by atoms with Crippen LogP contribution in [0.5, 0.6) is 5.75 Å². The highest BCUT2D eigenvalue weighted by molar-refractivity contribution is 6.02. The van der Waals surface area contributed by atoms with E-state index < -0.39 is 47.6 Å². The number of hydrogen-bond acceptors (Lipinski definition) is 5. The normalized spacial score (nSPS) is 26.7. The van der Waals surface area contributed by atoms with E-state index in [0.717, 1.165) is 6.42 Å². The van der Waals surface area contributed by atoms with E-state index in [2.05, 4.69) is 15.6 Å². The fraction of sp³-hybridized carbons (Fsp3) is 0.556. The van der Waals surface area contributed by atoms with Gasteiger partial charge < -0.3 is 25.3 Å². The minimum absolute atomic E-state index is 0.133. The summed E-state index contributed by atoms with van der Waals surface area (Å²) in [7, 11) is 1.51. The maximum Gasteiger partial charge on any atom is 0.271 e. The summed E-state index contributed by atoms with van der Waals surface area (Å²) in [6, 6.07) is 4.75. The average molecular weight is 531 g/mol. The van der Waals surface area contributed by atoms with E-state index in [-0.39, 0.29) is 43.2 Å². The zero-order valence-corrected chi connectivity index (χ0v) is 21.4. The maximum absolute atomic E-state index is 14.4. The highest BCUT2D eigenvalue weighted by atomic mass is 19.3. The van der Waals surface area contributed by atoms with E-state index in [1.807, 2.05) is 0 Å². The summed E-state index contributed by atoms with van der Waals surface area (Å²) in [6.45, 7) is 1.97. The van der Waals surface area contributed by atoms with Gasteiger partial charge >= 0.3 is 0 Å². The molecule has 1 saturated carbocycles. The molecule has 1 spiro atoms. The third-order valence-electron chi connectivity index (χ3n) is 8.26. The van der Waals surface area contributed by atoms with Gasteiger partial charge in [-0.2, -0.15) is 0 Å². The highest BCUT2D eigenvalue weighted by Crippen LogP contribution is 2.66. The Morgan fingerprint density at radius 2 is 2.05 bits per heavy atom. The molecule has 9 nitrogen and oxygen atoms in total. The average Bonchev–Trinajstić information content (AvgIpc) is 3.25. The van der Waals surface area contributed by atoms with Gasteiger partial charge in [-0.1, -0.05) is 13.0 Å². The summed E-state index contributed by atoms with van der Waals surface area (Å²) in [6.07, 6.45) is 1.06. The number of carbonyl (C=O) groups is 4. The van der Waals surface area contributed by atoms with Gasteiger partial charge in [0.15, 0.2) is 5.78 Å². The number of alkyl halides is 2. The van der Waals surface area contributed by atoms with Crippen LogP contribution in [0.25, 0.3) is 10.9 Å². The Balaban J connectivity index is 1.40. The number of ketones is 1. The Bertz CT molecular complexity index is 1290. The quantitative estimate of drug-likeness (QED) is 0.485. The Kier molecular flexibility index (Phi) is 6.65. The molecule has 0 bridgehead atoms. The number of amides is 3. The largest absolute Gasteiger partial charge is 0.496 e. The van der Waals surface area contributed by atoms with Gasteiger partial charge in [0.1, 0.15) is 17.5 Å². The van der Waals surface area contributed by atoms with E-state index in [1.54, 1.807) is 31.2 Å². The van der Waals surface area contributed by atoms with Crippen molar-refractivity contribution in [3.05, 3.63) is 30.0 Å². The molecule has 2 saturated heterocycles. The number of aromatic nitrogens is 1. The van der Waals surface area contributed by atoms with Crippen LogP contribution in [0.1, 0.15) is 55.9 Å². The van der Waals surface area contributed by atoms with E-state index in [9.17, 15) is 28.0 Å². The van der Waals surface area contributed by atoms with Crippen molar-refractivity contribution in [3.63, 3.8) is 0 Å². The van der Waals surface area contributed by atoms with E-state index in [0.29, 0.717) is 29.6 Å². The number of rotatable bonds is 8. The summed E-state index contributed by atoms with van der Waals surface area (Å²) in [5.41, 5.74) is -0.663. The predicted molar refractivity (Wildman–Crippen MR) is 134 cm³/mol. The van der Waals surface area contributed by atoms with Gasteiger partial charge in [0.2, 0.25) is 11.8 Å². The molecule has 5 rings (SSSR count). The van der Waals surface area contributed by atoms with Gasteiger partial charge in [0.05, 0.1) is 18.6 Å². The molecule has 2 aliphatic heterocycles. The Labute approximate surface area is 218 Å². The molecule has 1 aromatic carbocycles. The number of hydrogen-bond donors (Lipinski definition) is 3. The van der Waals surface area contributed by atoms with Crippen LogP contribution < -0.4 is 15.4 Å². The molecule has 4 atom stereocenters. The number of carbonyl (C=O) groups excluding carboxylic acids is 4. The van der Waals surface area contributed by atoms with Crippen LogP contribution in [0, 0.1) is 11.3 Å². The minimum Gasteiger partial charge on any atom is -0.496 e. The number of ether oxygens (including phenoxy) is 1. The standard InChI is InChI=1S/C27H32F2N4O5/c1-3-21(34)18(10-15-6-5-9-30-23(15)35)32-24(36)20-12-26(13-27(26,28)29)14-33(20)25(37)19-11-16-17(31-19)7-4-8-22(16)38-2/h4,7-8,11,15,18,20,31H,3,5-6,9-10,12-14H2,1-2H3,(H,30,35)(H,32,36). The molecule has 2 aromatic rings. The summed E-state index contributed by atoms with van der Waals surface area (Å²) in [4.78, 5) is 56.3. The zero-order valence-electron chi connectivity index (χ0n) is 21.4. The molecule has 4 unspecified atom stereocenters. The lowest BCUT2D eigenvalue weighted by Crippen LogP contribution is -2.52. The number of methoxy groups -OCH3 is 1. The third kappa shape index (κ3) is 4.52. The SMILES string of the molecule is CCC(=O)C(CC1CCCNC1=O)NC(=O)C1CC2(CN1C(=O)c1cc3c(OC)cccc3[nH]1)CC2(F)F. The molecule has 3 amide bonds. The molecular weight excluding hydrogens is 498 g/mol. The highest BCUT2D eigenvalue weighted by Gasteiger charge is 2.75. The summed E-state index contributed by atoms with van der Waals surface area (Å²) < 4.78 is 34.2. The molecule has 204 valence electrons. The van der Waals surface area contributed by atoms with Crippen LogP contribution in [0.3, 0.4) is 0 Å². The number of benzene rings is 1. The number of aromatic amines is 1. The van der Waals surface area contributed by atoms with E-state index >= 15 is 0 Å². The first-order chi connectivity index (χ1) is 18.1. The Hall–Kier alpha value is -3.50. The molecule has 3 N–H and O–H groups in total. The van der Waals surface area contributed by atoms with Crippen molar-refractivity contribution >= 4 is 34.4 Å². The lowest BCUT2D eigenvalue weighted by molar-refractivity contribution is -0.132. The van der Waals surface area contributed by atoms with Crippen molar-refractivity contribution in [1.82, 2.24) is 20.5 Å². The van der Waals surface area contributed by atoms with Crippen molar-refractivity contribution in [2.75, 3.05) is 20.2 Å². The van der Waals surface area contributed by atoms with E-state index in [1.165, 1.54) is 12.0 Å². The van der Waals surface area contributed by atoms with Gasteiger partial charge in [0.25, 0.3) is 11.8 Å². The fourth-order valence-corrected chi connectivity index (χ4v) is 5.91. The monoisotopic (exact) mass is 530 g/mol. The summed E-state index contributed by atoms with van der Waals surface area (Å²) in [5.74, 6) is -4.49. The first-order valence-electron chi connectivity index (χ1n) is 13.0. The predicted octanol–water partition coefficient (Wildman–Crippen LogP) is 2.80. The van der Waals surface area contributed by atoms with Crippen LogP contribution in [0.4, 0.5) is 8.78 Å². The Morgan fingerprint density at radius 3 is 2.71 bits per heavy atom. The number of likely N-dealkylation sites (tertiary alicyclic amines) is 1. The first kappa shape index (κ1) is 26.1. The van der Waals surface area contributed by atoms with Gasteiger partial charge in [0, 0.05) is 42.8 Å². The molecule has 38 heavy (non-hydrogen) atoms. The van der Waals surface area contributed by atoms with Gasteiger partial charge in [-0.3, -0.25) is 19.2 Å². The molecule has 1 aromatic heterocycles. The van der Waals surface area contributed by atoms with Crippen molar-refractivity contribution in [2.45, 2.75) is 63.5 Å². The van der Waals surface area contributed by atoms with Crippen LogP contribution in [-0.2, 0) is 14.4 Å². The van der Waals surface area contributed by atoms with Gasteiger partial charge in [-0.05, 0) is 43.9 Å². The second-order valence-corrected chi connectivity index (χ2v) is 10.7. The number of H-pyrrole nitrogens is 1. The second kappa shape index (κ2) is 9.67. The van der Waals surface area contributed by atoms with Crippen molar-refractivity contribution in [2.24, 2.45) is 11.3 Å². The number of Topliss-reactive ketones (excluding diaryl/α,β-unsaturated/α-hetero) is 1. The molecule has 3 fully saturated rings. The molecular formula is C27H32F2N4O5. The van der Waals surface area contributed by atoms with Crippen LogP contribution in [0.15, 0.2) is 24.3 Å². The number of nitrogens with zero attached hydrogens (tertiary/aromatic N) is 1. The number of piperidine rings is 1. The molecule has 0 radical (unpaired) electrons.